The van der Waals surface area contributed by atoms with Gasteiger partial charge in [-0.05, 0) is 31.4 Å². The highest BCUT2D eigenvalue weighted by Gasteiger charge is 2.34. The van der Waals surface area contributed by atoms with Gasteiger partial charge in [0.1, 0.15) is 0 Å². The van der Waals surface area contributed by atoms with E-state index in [0.717, 1.165) is 12.1 Å². The molecule has 0 radical (unpaired) electrons. The van der Waals surface area contributed by atoms with E-state index in [1.54, 1.807) is 0 Å². The molecule has 0 rings (SSSR count). The van der Waals surface area contributed by atoms with E-state index >= 15 is 0 Å². The van der Waals surface area contributed by atoms with E-state index in [4.69, 9.17) is 8.85 Å². The van der Waals surface area contributed by atoms with Gasteiger partial charge in [0.15, 0.2) is 0 Å². The van der Waals surface area contributed by atoms with E-state index in [9.17, 15) is 0 Å². The zero-order valence-corrected chi connectivity index (χ0v) is 17.4. The van der Waals surface area contributed by atoms with E-state index in [0.29, 0.717) is 0 Å². The van der Waals surface area contributed by atoms with Gasteiger partial charge in [0.05, 0.1) is 12.3 Å². The molecule has 0 saturated heterocycles. The van der Waals surface area contributed by atoms with Crippen molar-refractivity contribution < 1.29 is 8.85 Å². The van der Waals surface area contributed by atoms with Crippen molar-refractivity contribution in [3.8, 4) is 0 Å². The molecule has 0 spiro atoms. The van der Waals surface area contributed by atoms with Crippen molar-refractivity contribution in [1.82, 2.24) is 0 Å². The molecule has 21 heavy (non-hydrogen) atoms. The van der Waals surface area contributed by atoms with Gasteiger partial charge in [-0.2, -0.15) is 0 Å². The summed E-state index contributed by atoms with van der Waals surface area (Å²) in [5.41, 5.74) is 0. The lowest BCUT2D eigenvalue weighted by Gasteiger charge is -2.27. The average molecular weight is 336 g/mol. The van der Waals surface area contributed by atoms with Gasteiger partial charge in [-0.1, -0.05) is 39.5 Å². The molecule has 0 aliphatic heterocycles. The molecule has 0 heterocycles. The third kappa shape index (κ3) is 10.0. The molecule has 2 nitrogen and oxygen atoms in total. The smallest absolute Gasteiger partial charge is 0.337 e. The van der Waals surface area contributed by atoms with Crippen molar-refractivity contribution in [2.45, 2.75) is 70.9 Å². The first kappa shape index (κ1) is 21.6. The molecular formula is C17H40O2PSi+. The molecule has 0 saturated carbocycles. The SMILES string of the molecule is CCCCCCCC[P+](C)(C)CCC[Si](CC)(OC)OC. The lowest BCUT2D eigenvalue weighted by molar-refractivity contribution is 0.242. The van der Waals surface area contributed by atoms with Crippen LogP contribution >= 0.6 is 7.26 Å². The molecule has 0 amide bonds. The normalized spacial score (nSPS) is 12.9. The van der Waals surface area contributed by atoms with E-state index in [2.05, 4.69) is 27.2 Å². The van der Waals surface area contributed by atoms with E-state index in [1.165, 1.54) is 57.3 Å². The molecule has 0 aromatic carbocycles. The van der Waals surface area contributed by atoms with Crippen molar-refractivity contribution in [2.75, 3.05) is 39.9 Å². The lowest BCUT2D eigenvalue weighted by Crippen LogP contribution is -2.39. The van der Waals surface area contributed by atoms with Crippen molar-refractivity contribution in [1.29, 1.82) is 0 Å². The molecule has 4 heteroatoms. The summed E-state index contributed by atoms with van der Waals surface area (Å²) in [4.78, 5) is 0. The Hall–Kier alpha value is 0.567. The van der Waals surface area contributed by atoms with Gasteiger partial charge in [-0.3, -0.25) is 0 Å². The number of unbranched alkanes of at least 4 members (excludes halogenated alkanes) is 5. The second-order valence-electron chi connectivity index (χ2n) is 6.93. The minimum atomic E-state index is -1.85. The van der Waals surface area contributed by atoms with Crippen LogP contribution in [0.4, 0.5) is 0 Å². The first-order valence-corrected chi connectivity index (χ1v) is 14.2. The number of rotatable bonds is 14. The molecule has 0 aromatic rings. The summed E-state index contributed by atoms with van der Waals surface area (Å²) in [6.45, 7) is 9.56. The van der Waals surface area contributed by atoms with Gasteiger partial charge >= 0.3 is 8.56 Å². The van der Waals surface area contributed by atoms with E-state index in [1.807, 2.05) is 14.2 Å². The second kappa shape index (κ2) is 12.0. The summed E-state index contributed by atoms with van der Waals surface area (Å²) in [6, 6.07) is 2.23. The van der Waals surface area contributed by atoms with Crippen molar-refractivity contribution in [2.24, 2.45) is 0 Å². The van der Waals surface area contributed by atoms with Crippen molar-refractivity contribution in [3.05, 3.63) is 0 Å². The van der Waals surface area contributed by atoms with Crippen LogP contribution in [-0.2, 0) is 8.85 Å². The van der Waals surface area contributed by atoms with Crippen LogP contribution in [0.15, 0.2) is 0 Å². The second-order valence-corrected chi connectivity index (χ2v) is 15.5. The zero-order valence-electron chi connectivity index (χ0n) is 15.5. The van der Waals surface area contributed by atoms with E-state index < -0.39 is 15.8 Å². The fourth-order valence-corrected chi connectivity index (χ4v) is 7.80. The number of hydrogen-bond donors (Lipinski definition) is 0. The van der Waals surface area contributed by atoms with E-state index in [-0.39, 0.29) is 0 Å². The van der Waals surface area contributed by atoms with Gasteiger partial charge in [0.2, 0.25) is 0 Å². The highest BCUT2D eigenvalue weighted by atomic mass is 31.2. The Morgan fingerprint density at radius 1 is 0.762 bits per heavy atom. The molecule has 0 unspecified atom stereocenters. The standard InChI is InChI=1S/C17H40O2PSi/c1-7-9-10-11-12-13-15-20(5,6)16-14-17-21(8-2,18-3)19-4/h7-17H2,1-6H3/q+1. The average Bonchev–Trinajstić information content (AvgIpc) is 2.48. The largest absolute Gasteiger partial charge is 0.398 e. The molecule has 0 aromatic heterocycles. The van der Waals surface area contributed by atoms with Crippen LogP contribution in [0.1, 0.15) is 58.8 Å². The first-order chi connectivity index (χ1) is 9.95. The predicted molar refractivity (Wildman–Crippen MR) is 102 cm³/mol. The quantitative estimate of drug-likeness (QED) is 0.228. The summed E-state index contributed by atoms with van der Waals surface area (Å²) in [6.07, 6.45) is 12.7. The molecule has 0 atom stereocenters. The summed E-state index contributed by atoms with van der Waals surface area (Å²) in [7, 11) is 1.10. The Labute approximate surface area is 136 Å². The topological polar surface area (TPSA) is 18.5 Å². The van der Waals surface area contributed by atoms with Crippen LogP contribution in [0.5, 0.6) is 0 Å². The van der Waals surface area contributed by atoms with Crippen LogP contribution in [0, 0.1) is 0 Å². The van der Waals surface area contributed by atoms with Gasteiger partial charge in [0, 0.05) is 34.8 Å². The molecule has 0 fully saturated rings. The van der Waals surface area contributed by atoms with Gasteiger partial charge in [-0.15, -0.1) is 0 Å². The maximum absolute atomic E-state index is 5.72. The Morgan fingerprint density at radius 3 is 1.81 bits per heavy atom. The van der Waals surface area contributed by atoms with Gasteiger partial charge in [0.25, 0.3) is 0 Å². The molecule has 0 aliphatic carbocycles. The Bertz CT molecular complexity index is 235. The van der Waals surface area contributed by atoms with Crippen LogP contribution in [-0.4, -0.2) is 48.4 Å². The van der Waals surface area contributed by atoms with Crippen LogP contribution in [0.2, 0.25) is 12.1 Å². The monoisotopic (exact) mass is 335 g/mol. The van der Waals surface area contributed by atoms with Crippen LogP contribution < -0.4 is 0 Å². The highest BCUT2D eigenvalue weighted by Crippen LogP contribution is 2.52. The molecule has 128 valence electrons. The lowest BCUT2D eigenvalue weighted by atomic mass is 10.1. The Morgan fingerprint density at radius 2 is 1.29 bits per heavy atom. The molecule has 0 bridgehead atoms. The van der Waals surface area contributed by atoms with Crippen LogP contribution in [0.25, 0.3) is 0 Å². The summed E-state index contributed by atoms with van der Waals surface area (Å²) < 4.78 is 11.4. The predicted octanol–water partition coefficient (Wildman–Crippen LogP) is 5.77. The molecule has 0 aliphatic rings. The summed E-state index contributed by atoms with van der Waals surface area (Å²) >= 11 is 0. The summed E-state index contributed by atoms with van der Waals surface area (Å²) in [5, 5.41) is 0. The maximum atomic E-state index is 5.72. The maximum Gasteiger partial charge on any atom is 0.337 e. The third-order valence-corrected chi connectivity index (χ3v) is 11.5. The molecular weight excluding hydrogens is 295 g/mol. The van der Waals surface area contributed by atoms with Crippen molar-refractivity contribution in [3.63, 3.8) is 0 Å². The minimum absolute atomic E-state index is 0.705. The minimum Gasteiger partial charge on any atom is -0.398 e. The Balaban J connectivity index is 3.86. The van der Waals surface area contributed by atoms with Gasteiger partial charge < -0.3 is 8.85 Å². The zero-order chi connectivity index (χ0) is 16.2. The molecule has 0 N–H and O–H groups in total. The third-order valence-electron chi connectivity index (χ3n) is 4.72. The fourth-order valence-electron chi connectivity index (χ4n) is 2.96. The first-order valence-electron chi connectivity index (χ1n) is 8.87. The fraction of sp³-hybridized carbons (Fsp3) is 1.00. The van der Waals surface area contributed by atoms with Crippen LogP contribution in [0.3, 0.4) is 0 Å². The van der Waals surface area contributed by atoms with Gasteiger partial charge in [-0.25, -0.2) is 0 Å². The summed E-state index contributed by atoms with van der Waals surface area (Å²) in [5.74, 6) is 0. The number of hydrogen-bond acceptors (Lipinski definition) is 2. The highest BCUT2D eigenvalue weighted by molar-refractivity contribution is 7.74. The Kier molecular flexibility index (Phi) is 12.4. The van der Waals surface area contributed by atoms with Crippen molar-refractivity contribution >= 4 is 15.8 Å².